The molecule has 2 aromatic heterocycles. The number of nitrogen functional groups attached to an aromatic ring is 1. The van der Waals surface area contributed by atoms with Crippen molar-refractivity contribution >= 4 is 29.2 Å². The molecule has 2 N–H and O–H groups in total. The van der Waals surface area contributed by atoms with Crippen LogP contribution in [0.15, 0.2) is 27.9 Å². The highest BCUT2D eigenvalue weighted by Crippen LogP contribution is 2.13. The van der Waals surface area contributed by atoms with Gasteiger partial charge in [-0.1, -0.05) is 18.5 Å². The Morgan fingerprint density at radius 2 is 2.04 bits per heavy atom. The summed E-state index contributed by atoms with van der Waals surface area (Å²) in [5.74, 6) is -1.93. The Kier molecular flexibility index (Phi) is 5.93. The van der Waals surface area contributed by atoms with Crippen molar-refractivity contribution in [1.29, 1.82) is 0 Å². The van der Waals surface area contributed by atoms with Crippen LogP contribution in [0.1, 0.15) is 34.1 Å². The van der Waals surface area contributed by atoms with Crippen molar-refractivity contribution in [2.45, 2.75) is 19.9 Å². The zero-order valence-electron chi connectivity index (χ0n) is 14.2. The summed E-state index contributed by atoms with van der Waals surface area (Å²) < 4.78 is 6.83. The number of Topliss-reactive ketones (excluding diaryl/α,β-unsaturated/α-hetero) is 1. The Morgan fingerprint density at radius 3 is 2.65 bits per heavy atom. The van der Waals surface area contributed by atoms with Crippen molar-refractivity contribution in [2.24, 2.45) is 7.05 Å². The third kappa shape index (κ3) is 3.67. The Hall–Kier alpha value is -2.94. The van der Waals surface area contributed by atoms with Crippen molar-refractivity contribution in [3.05, 3.63) is 55.4 Å². The van der Waals surface area contributed by atoms with Gasteiger partial charge in [0.2, 0.25) is 5.78 Å². The zero-order valence-corrected chi connectivity index (χ0v) is 14.9. The minimum atomic E-state index is -0.867. The van der Waals surface area contributed by atoms with Crippen LogP contribution in [0, 0.1) is 0 Å². The van der Waals surface area contributed by atoms with Gasteiger partial charge in [0.05, 0.1) is 5.56 Å². The highest BCUT2D eigenvalue weighted by atomic mass is 35.5. The molecule has 0 fully saturated rings. The van der Waals surface area contributed by atoms with E-state index in [-0.39, 0.29) is 23.1 Å². The molecule has 0 aliphatic heterocycles. The van der Waals surface area contributed by atoms with Gasteiger partial charge < -0.3 is 10.5 Å². The average molecular weight is 381 g/mol. The van der Waals surface area contributed by atoms with E-state index in [1.54, 1.807) is 0 Å². The van der Waals surface area contributed by atoms with Crippen LogP contribution in [0.4, 0.5) is 5.82 Å². The third-order valence-electron chi connectivity index (χ3n) is 3.62. The number of carbonyl (C=O) groups excluding carboxylic acids is 2. The highest BCUT2D eigenvalue weighted by molar-refractivity contribution is 6.32. The number of ketones is 1. The Balaban J connectivity index is 2.30. The lowest BCUT2D eigenvalue weighted by Crippen LogP contribution is -2.43. The van der Waals surface area contributed by atoms with Crippen molar-refractivity contribution in [3.63, 3.8) is 0 Å². The molecular weight excluding hydrogens is 364 g/mol. The van der Waals surface area contributed by atoms with E-state index in [4.69, 9.17) is 22.1 Å². The summed E-state index contributed by atoms with van der Waals surface area (Å²) in [5.41, 5.74) is 3.96. The molecule has 0 saturated carbocycles. The van der Waals surface area contributed by atoms with Gasteiger partial charge >= 0.3 is 11.7 Å². The van der Waals surface area contributed by atoms with E-state index in [0.717, 1.165) is 9.13 Å². The van der Waals surface area contributed by atoms with Crippen LogP contribution in [0.5, 0.6) is 0 Å². The standard InChI is InChI=1S/C16H17ClN4O5/c1-3-7-21-13(18)11(14(23)20(2)16(21)25)10(22)8-26-15(24)9-5-4-6-19-12(9)17/h4-6H,3,7-8,18H2,1-2H3. The number of esters is 1. The monoisotopic (exact) mass is 380 g/mol. The third-order valence-corrected chi connectivity index (χ3v) is 3.92. The van der Waals surface area contributed by atoms with Crippen LogP contribution >= 0.6 is 11.6 Å². The molecule has 2 heterocycles. The predicted octanol–water partition coefficient (Wildman–Crippen LogP) is 0.627. The molecule has 138 valence electrons. The van der Waals surface area contributed by atoms with Gasteiger partial charge in [-0.3, -0.25) is 18.7 Å². The molecule has 0 saturated heterocycles. The van der Waals surface area contributed by atoms with Crippen LogP contribution in [0.2, 0.25) is 5.15 Å². The maximum atomic E-state index is 12.4. The number of nitrogens with zero attached hydrogens (tertiary/aromatic N) is 3. The normalized spacial score (nSPS) is 10.6. The molecule has 0 aliphatic rings. The molecule has 0 aliphatic carbocycles. The fraction of sp³-hybridized carbons (Fsp3) is 0.312. The second-order valence-corrected chi connectivity index (χ2v) is 5.76. The van der Waals surface area contributed by atoms with Crippen LogP contribution in [0.3, 0.4) is 0 Å². The molecule has 0 unspecified atom stereocenters. The van der Waals surface area contributed by atoms with E-state index in [0.29, 0.717) is 6.42 Å². The maximum Gasteiger partial charge on any atom is 0.341 e. The minimum absolute atomic E-state index is 0.0150. The molecular formula is C16H17ClN4O5. The van der Waals surface area contributed by atoms with E-state index < -0.39 is 35.2 Å². The van der Waals surface area contributed by atoms with Crippen LogP contribution in [-0.4, -0.2) is 32.5 Å². The number of hydrogen-bond acceptors (Lipinski definition) is 7. The molecule has 0 radical (unpaired) electrons. The number of carbonyl (C=O) groups is 2. The molecule has 0 atom stereocenters. The van der Waals surface area contributed by atoms with Crippen molar-refractivity contribution in [3.8, 4) is 0 Å². The number of rotatable bonds is 6. The topological polar surface area (TPSA) is 126 Å². The van der Waals surface area contributed by atoms with Crippen molar-refractivity contribution in [1.82, 2.24) is 14.1 Å². The second kappa shape index (κ2) is 7.96. The summed E-state index contributed by atoms with van der Waals surface area (Å²) in [6.07, 6.45) is 1.97. The molecule has 0 aromatic carbocycles. The number of pyridine rings is 1. The smallest absolute Gasteiger partial charge is 0.341 e. The first-order valence-electron chi connectivity index (χ1n) is 7.69. The van der Waals surface area contributed by atoms with Gasteiger partial charge in [0, 0.05) is 19.8 Å². The lowest BCUT2D eigenvalue weighted by atomic mass is 10.2. The first-order valence-corrected chi connectivity index (χ1v) is 8.07. The van der Waals surface area contributed by atoms with E-state index in [1.807, 2.05) is 6.92 Å². The van der Waals surface area contributed by atoms with Crippen LogP contribution in [-0.2, 0) is 18.3 Å². The van der Waals surface area contributed by atoms with E-state index in [9.17, 15) is 19.2 Å². The summed E-state index contributed by atoms with van der Waals surface area (Å²) in [6.45, 7) is 1.33. The molecule has 9 nitrogen and oxygen atoms in total. The molecule has 2 aromatic rings. The maximum absolute atomic E-state index is 12.4. The Morgan fingerprint density at radius 1 is 1.35 bits per heavy atom. The van der Waals surface area contributed by atoms with Gasteiger partial charge in [-0.15, -0.1) is 0 Å². The van der Waals surface area contributed by atoms with E-state index in [1.165, 1.54) is 25.4 Å². The predicted molar refractivity (Wildman–Crippen MR) is 94.5 cm³/mol. The molecule has 0 spiro atoms. The number of aromatic nitrogens is 3. The van der Waals surface area contributed by atoms with Gasteiger partial charge in [-0.05, 0) is 18.6 Å². The zero-order chi connectivity index (χ0) is 19.4. The van der Waals surface area contributed by atoms with Gasteiger partial charge in [-0.2, -0.15) is 0 Å². The summed E-state index contributed by atoms with van der Waals surface area (Å²) in [7, 11) is 1.24. The summed E-state index contributed by atoms with van der Waals surface area (Å²) in [4.78, 5) is 52.5. The van der Waals surface area contributed by atoms with Gasteiger partial charge in [-0.25, -0.2) is 14.6 Å². The number of halogens is 1. The van der Waals surface area contributed by atoms with Crippen LogP contribution in [0.25, 0.3) is 0 Å². The largest absolute Gasteiger partial charge is 0.454 e. The second-order valence-electron chi connectivity index (χ2n) is 5.40. The highest BCUT2D eigenvalue weighted by Gasteiger charge is 2.23. The van der Waals surface area contributed by atoms with Gasteiger partial charge in [0.1, 0.15) is 16.5 Å². The van der Waals surface area contributed by atoms with Gasteiger partial charge in [0.25, 0.3) is 5.56 Å². The number of nitrogens with two attached hydrogens (primary N) is 1. The van der Waals surface area contributed by atoms with Crippen LogP contribution < -0.4 is 17.0 Å². The minimum Gasteiger partial charge on any atom is -0.454 e. The number of ether oxygens (including phenoxy) is 1. The Bertz CT molecular complexity index is 980. The van der Waals surface area contributed by atoms with E-state index in [2.05, 4.69) is 4.98 Å². The first kappa shape index (κ1) is 19.4. The van der Waals surface area contributed by atoms with E-state index >= 15 is 0 Å². The average Bonchev–Trinajstić information content (AvgIpc) is 2.62. The summed E-state index contributed by atoms with van der Waals surface area (Å²) in [5, 5.41) is -0.0723. The molecule has 2 rings (SSSR count). The molecule has 0 amide bonds. The van der Waals surface area contributed by atoms with Gasteiger partial charge in [0.15, 0.2) is 6.61 Å². The molecule has 10 heteroatoms. The molecule has 26 heavy (non-hydrogen) atoms. The SMILES string of the molecule is CCCn1c(N)c(C(=O)COC(=O)c2cccnc2Cl)c(=O)n(C)c1=O. The number of hydrogen-bond donors (Lipinski definition) is 1. The Labute approximate surface area is 153 Å². The number of anilines is 1. The first-order chi connectivity index (χ1) is 12.3. The lowest BCUT2D eigenvalue weighted by Gasteiger charge is -2.13. The fourth-order valence-corrected chi connectivity index (χ4v) is 2.50. The van der Waals surface area contributed by atoms with Crippen molar-refractivity contribution in [2.75, 3.05) is 12.3 Å². The summed E-state index contributed by atoms with van der Waals surface area (Å²) >= 11 is 5.79. The summed E-state index contributed by atoms with van der Waals surface area (Å²) in [6, 6.07) is 2.87. The molecule has 0 bridgehead atoms. The van der Waals surface area contributed by atoms with Crippen molar-refractivity contribution < 1.29 is 14.3 Å². The lowest BCUT2D eigenvalue weighted by molar-refractivity contribution is 0.0474. The quantitative estimate of drug-likeness (QED) is 0.442. The fourth-order valence-electron chi connectivity index (χ4n) is 2.30.